The van der Waals surface area contributed by atoms with E-state index in [0.717, 1.165) is 25.7 Å². The molecule has 0 amide bonds. The molecule has 0 spiro atoms. The van der Waals surface area contributed by atoms with Crippen LogP contribution in [0.3, 0.4) is 0 Å². The summed E-state index contributed by atoms with van der Waals surface area (Å²) in [6.45, 7) is 6.36. The number of ketones is 1. The van der Waals surface area contributed by atoms with Gasteiger partial charge in [-0.05, 0) is 39.7 Å². The van der Waals surface area contributed by atoms with Crippen LogP contribution in [0.25, 0.3) is 0 Å². The minimum absolute atomic E-state index is 0.258. The summed E-state index contributed by atoms with van der Waals surface area (Å²) in [5.41, 5.74) is 0. The third-order valence-electron chi connectivity index (χ3n) is 2.97. The third kappa shape index (κ3) is 5.90. The SMILES string of the molecule is CC(=O)CC(C)N(C)CCOCC1CC1. The molecule has 1 atom stereocenters. The van der Waals surface area contributed by atoms with E-state index in [2.05, 4.69) is 11.8 Å². The molecule has 0 aliphatic heterocycles. The summed E-state index contributed by atoms with van der Waals surface area (Å²) >= 11 is 0. The van der Waals surface area contributed by atoms with Gasteiger partial charge in [-0.3, -0.25) is 4.79 Å². The molecule has 0 N–H and O–H groups in total. The van der Waals surface area contributed by atoms with Crippen LogP contribution in [0.5, 0.6) is 0 Å². The highest BCUT2D eigenvalue weighted by Gasteiger charge is 2.21. The molecule has 0 radical (unpaired) electrons. The van der Waals surface area contributed by atoms with Crippen molar-refractivity contribution in [3.8, 4) is 0 Å². The number of nitrogens with zero attached hydrogens (tertiary/aromatic N) is 1. The van der Waals surface area contributed by atoms with Crippen molar-refractivity contribution in [2.24, 2.45) is 5.92 Å². The Morgan fingerprint density at radius 2 is 2.20 bits per heavy atom. The van der Waals surface area contributed by atoms with Gasteiger partial charge in [-0.15, -0.1) is 0 Å². The standard InChI is InChI=1S/C12H23NO2/c1-10(8-11(2)14)13(3)6-7-15-9-12-4-5-12/h10,12H,4-9H2,1-3H3. The zero-order chi connectivity index (χ0) is 11.3. The van der Waals surface area contributed by atoms with Gasteiger partial charge in [-0.1, -0.05) is 0 Å². The predicted molar refractivity (Wildman–Crippen MR) is 60.9 cm³/mol. The van der Waals surface area contributed by atoms with Crippen LogP contribution in [0, 0.1) is 5.92 Å². The first-order valence-electron chi connectivity index (χ1n) is 5.87. The monoisotopic (exact) mass is 213 g/mol. The van der Waals surface area contributed by atoms with Crippen molar-refractivity contribution < 1.29 is 9.53 Å². The van der Waals surface area contributed by atoms with Crippen LogP contribution in [0.4, 0.5) is 0 Å². The van der Waals surface area contributed by atoms with Gasteiger partial charge in [0.1, 0.15) is 5.78 Å². The summed E-state index contributed by atoms with van der Waals surface area (Å²) in [6.07, 6.45) is 3.33. The topological polar surface area (TPSA) is 29.5 Å². The summed E-state index contributed by atoms with van der Waals surface area (Å²) in [5.74, 6) is 1.10. The first-order valence-corrected chi connectivity index (χ1v) is 5.87. The molecule has 0 aromatic heterocycles. The molecule has 88 valence electrons. The van der Waals surface area contributed by atoms with Crippen molar-refractivity contribution in [2.45, 2.75) is 39.2 Å². The second-order valence-corrected chi connectivity index (χ2v) is 4.75. The summed E-state index contributed by atoms with van der Waals surface area (Å²) < 4.78 is 5.56. The highest BCUT2D eigenvalue weighted by Crippen LogP contribution is 2.28. The van der Waals surface area contributed by atoms with Crippen molar-refractivity contribution in [1.29, 1.82) is 0 Å². The Bertz CT molecular complexity index is 202. The van der Waals surface area contributed by atoms with Crippen LogP contribution in [-0.4, -0.2) is 43.5 Å². The Morgan fingerprint density at radius 3 is 2.73 bits per heavy atom. The van der Waals surface area contributed by atoms with Crippen LogP contribution in [0.15, 0.2) is 0 Å². The number of carbonyl (C=O) groups excluding carboxylic acids is 1. The first-order chi connectivity index (χ1) is 7.09. The normalized spacial score (nSPS) is 18.1. The van der Waals surface area contributed by atoms with E-state index in [1.165, 1.54) is 12.8 Å². The number of carbonyl (C=O) groups is 1. The van der Waals surface area contributed by atoms with Crippen LogP contribution < -0.4 is 0 Å². The lowest BCUT2D eigenvalue weighted by atomic mass is 10.1. The second-order valence-electron chi connectivity index (χ2n) is 4.75. The number of rotatable bonds is 8. The molecule has 0 aromatic carbocycles. The van der Waals surface area contributed by atoms with Crippen molar-refractivity contribution >= 4 is 5.78 Å². The predicted octanol–water partition coefficient (Wildman–Crippen LogP) is 1.71. The largest absolute Gasteiger partial charge is 0.380 e. The van der Waals surface area contributed by atoms with E-state index in [1.807, 2.05) is 7.05 Å². The maximum Gasteiger partial charge on any atom is 0.131 e. The second kappa shape index (κ2) is 6.23. The van der Waals surface area contributed by atoms with Gasteiger partial charge in [-0.2, -0.15) is 0 Å². The highest BCUT2D eigenvalue weighted by atomic mass is 16.5. The van der Waals surface area contributed by atoms with Crippen LogP contribution in [0.1, 0.15) is 33.1 Å². The molecule has 1 fully saturated rings. The first kappa shape index (κ1) is 12.7. The van der Waals surface area contributed by atoms with Gasteiger partial charge >= 0.3 is 0 Å². The summed E-state index contributed by atoms with van der Waals surface area (Å²) in [4.78, 5) is 13.1. The summed E-state index contributed by atoms with van der Waals surface area (Å²) in [7, 11) is 2.05. The smallest absolute Gasteiger partial charge is 0.131 e. The fraction of sp³-hybridized carbons (Fsp3) is 0.917. The molecule has 0 saturated heterocycles. The molecular formula is C12H23NO2. The Morgan fingerprint density at radius 1 is 1.53 bits per heavy atom. The number of ether oxygens (including phenoxy) is 1. The van der Waals surface area contributed by atoms with Gasteiger partial charge in [0.15, 0.2) is 0 Å². The van der Waals surface area contributed by atoms with Crippen molar-refractivity contribution in [2.75, 3.05) is 26.8 Å². The van der Waals surface area contributed by atoms with Gasteiger partial charge in [0.25, 0.3) is 0 Å². The summed E-state index contributed by atoms with van der Waals surface area (Å²) in [6, 6.07) is 0.326. The van der Waals surface area contributed by atoms with Crippen LogP contribution in [0.2, 0.25) is 0 Å². The molecule has 1 rings (SSSR count). The zero-order valence-corrected chi connectivity index (χ0v) is 10.2. The van der Waals surface area contributed by atoms with Crippen molar-refractivity contribution in [1.82, 2.24) is 4.90 Å². The van der Waals surface area contributed by atoms with Gasteiger partial charge < -0.3 is 9.64 Å². The molecule has 1 aliphatic rings. The van der Waals surface area contributed by atoms with E-state index in [-0.39, 0.29) is 5.78 Å². The number of likely N-dealkylation sites (N-methyl/N-ethyl adjacent to an activating group) is 1. The lowest BCUT2D eigenvalue weighted by Gasteiger charge is -2.23. The molecule has 0 bridgehead atoms. The number of Topliss-reactive ketones (excluding diaryl/α,β-unsaturated/α-hetero) is 1. The Labute approximate surface area is 92.8 Å². The molecular weight excluding hydrogens is 190 g/mol. The average molecular weight is 213 g/mol. The molecule has 0 aromatic rings. The van der Waals surface area contributed by atoms with E-state index in [4.69, 9.17) is 4.74 Å². The maximum atomic E-state index is 10.9. The van der Waals surface area contributed by atoms with E-state index in [1.54, 1.807) is 6.92 Å². The molecule has 0 heterocycles. The quantitative estimate of drug-likeness (QED) is 0.575. The van der Waals surface area contributed by atoms with Crippen molar-refractivity contribution in [3.05, 3.63) is 0 Å². The van der Waals surface area contributed by atoms with E-state index >= 15 is 0 Å². The van der Waals surface area contributed by atoms with Gasteiger partial charge in [0.2, 0.25) is 0 Å². The fourth-order valence-electron chi connectivity index (χ4n) is 1.54. The minimum atomic E-state index is 0.258. The number of hydrogen-bond acceptors (Lipinski definition) is 3. The zero-order valence-electron chi connectivity index (χ0n) is 10.2. The van der Waals surface area contributed by atoms with E-state index in [0.29, 0.717) is 12.5 Å². The molecule has 1 saturated carbocycles. The molecule has 3 heteroatoms. The molecule has 1 aliphatic carbocycles. The van der Waals surface area contributed by atoms with E-state index < -0.39 is 0 Å². The van der Waals surface area contributed by atoms with Crippen LogP contribution >= 0.6 is 0 Å². The Hall–Kier alpha value is -0.410. The Kier molecular flexibility index (Phi) is 5.26. The third-order valence-corrected chi connectivity index (χ3v) is 2.97. The highest BCUT2D eigenvalue weighted by molar-refractivity contribution is 5.76. The number of hydrogen-bond donors (Lipinski definition) is 0. The molecule has 1 unspecified atom stereocenters. The van der Waals surface area contributed by atoms with Gasteiger partial charge in [-0.25, -0.2) is 0 Å². The molecule has 15 heavy (non-hydrogen) atoms. The summed E-state index contributed by atoms with van der Waals surface area (Å²) in [5, 5.41) is 0. The average Bonchev–Trinajstić information content (AvgIpc) is 2.94. The lowest BCUT2D eigenvalue weighted by molar-refractivity contribution is -0.118. The Balaban J connectivity index is 1.99. The van der Waals surface area contributed by atoms with Crippen molar-refractivity contribution in [3.63, 3.8) is 0 Å². The van der Waals surface area contributed by atoms with Gasteiger partial charge in [0.05, 0.1) is 6.61 Å². The minimum Gasteiger partial charge on any atom is -0.380 e. The van der Waals surface area contributed by atoms with E-state index in [9.17, 15) is 4.79 Å². The van der Waals surface area contributed by atoms with Gasteiger partial charge in [0, 0.05) is 25.6 Å². The lowest BCUT2D eigenvalue weighted by Crippen LogP contribution is -2.33. The van der Waals surface area contributed by atoms with Crippen LogP contribution in [-0.2, 0) is 9.53 Å². The maximum absolute atomic E-state index is 10.9. The molecule has 3 nitrogen and oxygen atoms in total. The fourth-order valence-corrected chi connectivity index (χ4v) is 1.54.